The topological polar surface area (TPSA) is 39.1 Å². The minimum Gasteiger partial charge on any atom is -0.497 e. The third-order valence-electron chi connectivity index (χ3n) is 3.49. The smallest absolute Gasteiger partial charge is 0.119 e. The second-order valence-electron chi connectivity index (χ2n) is 4.86. The second kappa shape index (κ2) is 7.48. The summed E-state index contributed by atoms with van der Waals surface area (Å²) in [6, 6.07) is 8.26. The zero-order valence-electron chi connectivity index (χ0n) is 12.8. The first kappa shape index (κ1) is 15.9. The molecule has 1 aromatic heterocycles. The Bertz CT molecular complexity index is 583. The SMILES string of the molecule is CCNC(Cc1cccc(OC)c1)c1c(Cl)cnn1CC. The van der Waals surface area contributed by atoms with Crippen molar-refractivity contribution in [2.45, 2.75) is 32.9 Å². The third-order valence-corrected chi connectivity index (χ3v) is 3.78. The van der Waals surface area contributed by atoms with Crippen LogP contribution in [0.1, 0.15) is 31.1 Å². The highest BCUT2D eigenvalue weighted by molar-refractivity contribution is 6.31. The monoisotopic (exact) mass is 307 g/mol. The lowest BCUT2D eigenvalue weighted by molar-refractivity contribution is 0.413. The van der Waals surface area contributed by atoms with Crippen LogP contribution in [0, 0.1) is 0 Å². The van der Waals surface area contributed by atoms with Crippen molar-refractivity contribution in [1.82, 2.24) is 15.1 Å². The van der Waals surface area contributed by atoms with Crippen LogP contribution in [0.3, 0.4) is 0 Å². The van der Waals surface area contributed by atoms with Crippen molar-refractivity contribution >= 4 is 11.6 Å². The number of hydrogen-bond acceptors (Lipinski definition) is 3. The molecule has 0 radical (unpaired) electrons. The van der Waals surface area contributed by atoms with Gasteiger partial charge in [0.2, 0.25) is 0 Å². The Morgan fingerprint density at radius 2 is 2.19 bits per heavy atom. The minimum atomic E-state index is 0.136. The van der Waals surface area contributed by atoms with Crippen LogP contribution in [0.4, 0.5) is 0 Å². The standard InChI is InChI=1S/C16H22ClN3O/c1-4-18-15(16-14(17)11-19-20(16)5-2)10-12-7-6-8-13(9-12)21-3/h6-9,11,15,18H,4-5,10H2,1-3H3. The average Bonchev–Trinajstić information content (AvgIpc) is 2.88. The van der Waals surface area contributed by atoms with Gasteiger partial charge in [0.1, 0.15) is 5.75 Å². The van der Waals surface area contributed by atoms with Crippen molar-refractivity contribution in [1.29, 1.82) is 0 Å². The van der Waals surface area contributed by atoms with E-state index in [2.05, 4.69) is 36.4 Å². The molecule has 0 aliphatic heterocycles. The summed E-state index contributed by atoms with van der Waals surface area (Å²) in [6.45, 7) is 5.85. The number of aromatic nitrogens is 2. The van der Waals surface area contributed by atoms with Crippen molar-refractivity contribution in [3.05, 3.63) is 46.7 Å². The summed E-state index contributed by atoms with van der Waals surface area (Å²) < 4.78 is 7.25. The molecule has 1 atom stereocenters. The molecule has 5 heteroatoms. The molecule has 0 saturated heterocycles. The maximum absolute atomic E-state index is 6.33. The van der Waals surface area contributed by atoms with Gasteiger partial charge in [0.25, 0.3) is 0 Å². The number of methoxy groups -OCH3 is 1. The van der Waals surface area contributed by atoms with E-state index in [1.165, 1.54) is 5.56 Å². The highest BCUT2D eigenvalue weighted by Crippen LogP contribution is 2.26. The quantitative estimate of drug-likeness (QED) is 0.851. The Labute approximate surface area is 131 Å². The largest absolute Gasteiger partial charge is 0.497 e. The Morgan fingerprint density at radius 3 is 2.86 bits per heavy atom. The van der Waals surface area contributed by atoms with E-state index in [-0.39, 0.29) is 6.04 Å². The van der Waals surface area contributed by atoms with Gasteiger partial charge in [-0.3, -0.25) is 4.68 Å². The molecule has 114 valence electrons. The van der Waals surface area contributed by atoms with Gasteiger partial charge in [-0.25, -0.2) is 0 Å². The van der Waals surface area contributed by atoms with Crippen molar-refractivity contribution in [3.8, 4) is 5.75 Å². The lowest BCUT2D eigenvalue weighted by Crippen LogP contribution is -2.26. The van der Waals surface area contributed by atoms with Crippen LogP contribution in [0.25, 0.3) is 0 Å². The summed E-state index contributed by atoms with van der Waals surface area (Å²) >= 11 is 6.33. The van der Waals surface area contributed by atoms with Crippen molar-refractivity contribution in [2.75, 3.05) is 13.7 Å². The van der Waals surface area contributed by atoms with Gasteiger partial charge in [-0.15, -0.1) is 0 Å². The molecule has 0 fully saturated rings. The minimum absolute atomic E-state index is 0.136. The molecule has 1 aromatic carbocycles. The number of halogens is 1. The van der Waals surface area contributed by atoms with E-state index in [1.54, 1.807) is 13.3 Å². The molecular formula is C16H22ClN3O. The Balaban J connectivity index is 2.28. The molecule has 0 aliphatic carbocycles. The van der Waals surface area contributed by atoms with Crippen LogP contribution in [0.2, 0.25) is 5.02 Å². The summed E-state index contributed by atoms with van der Waals surface area (Å²) in [6.07, 6.45) is 2.56. The van der Waals surface area contributed by atoms with E-state index in [0.717, 1.165) is 31.0 Å². The maximum Gasteiger partial charge on any atom is 0.119 e. The fraction of sp³-hybridized carbons (Fsp3) is 0.438. The van der Waals surface area contributed by atoms with Crippen LogP contribution in [0.5, 0.6) is 5.75 Å². The number of hydrogen-bond donors (Lipinski definition) is 1. The second-order valence-corrected chi connectivity index (χ2v) is 5.27. The summed E-state index contributed by atoms with van der Waals surface area (Å²) in [7, 11) is 1.68. The van der Waals surface area contributed by atoms with Gasteiger partial charge < -0.3 is 10.1 Å². The van der Waals surface area contributed by atoms with Gasteiger partial charge in [0, 0.05) is 6.54 Å². The van der Waals surface area contributed by atoms with E-state index < -0.39 is 0 Å². The highest BCUT2D eigenvalue weighted by Gasteiger charge is 2.19. The molecule has 21 heavy (non-hydrogen) atoms. The maximum atomic E-state index is 6.33. The highest BCUT2D eigenvalue weighted by atomic mass is 35.5. The number of aryl methyl sites for hydroxylation is 1. The molecule has 1 unspecified atom stereocenters. The third kappa shape index (κ3) is 3.77. The molecule has 4 nitrogen and oxygen atoms in total. The molecule has 1 N–H and O–H groups in total. The van der Waals surface area contributed by atoms with Crippen molar-refractivity contribution in [2.24, 2.45) is 0 Å². The van der Waals surface area contributed by atoms with Crippen LogP contribution in [-0.2, 0) is 13.0 Å². The van der Waals surface area contributed by atoms with Crippen molar-refractivity contribution in [3.63, 3.8) is 0 Å². The number of likely N-dealkylation sites (N-methyl/N-ethyl adjacent to an activating group) is 1. The van der Waals surface area contributed by atoms with Crippen LogP contribution < -0.4 is 10.1 Å². The Kier molecular flexibility index (Phi) is 5.65. The molecule has 2 aromatic rings. The first-order chi connectivity index (χ1) is 10.2. The molecule has 0 spiro atoms. The van der Waals surface area contributed by atoms with Gasteiger partial charge in [-0.2, -0.15) is 5.10 Å². The van der Waals surface area contributed by atoms with Gasteiger partial charge in [0.05, 0.1) is 30.1 Å². The normalized spacial score (nSPS) is 12.4. The van der Waals surface area contributed by atoms with Gasteiger partial charge in [-0.05, 0) is 37.6 Å². The number of benzene rings is 1. The van der Waals surface area contributed by atoms with E-state index >= 15 is 0 Å². The summed E-state index contributed by atoms with van der Waals surface area (Å²) in [5, 5.41) is 8.55. The van der Waals surface area contributed by atoms with Crippen LogP contribution >= 0.6 is 11.6 Å². The summed E-state index contributed by atoms with van der Waals surface area (Å²) in [5.41, 5.74) is 2.25. The average molecular weight is 308 g/mol. The molecule has 0 amide bonds. The van der Waals surface area contributed by atoms with E-state index in [4.69, 9.17) is 16.3 Å². The van der Waals surface area contributed by atoms with E-state index in [1.807, 2.05) is 16.8 Å². The lowest BCUT2D eigenvalue weighted by Gasteiger charge is -2.20. The number of ether oxygens (including phenoxy) is 1. The first-order valence-electron chi connectivity index (χ1n) is 7.27. The predicted molar refractivity (Wildman–Crippen MR) is 86.0 cm³/mol. The number of nitrogens with one attached hydrogen (secondary N) is 1. The van der Waals surface area contributed by atoms with Crippen LogP contribution in [-0.4, -0.2) is 23.4 Å². The molecule has 0 saturated carbocycles. The van der Waals surface area contributed by atoms with E-state index in [9.17, 15) is 0 Å². The summed E-state index contributed by atoms with van der Waals surface area (Å²) in [4.78, 5) is 0. The lowest BCUT2D eigenvalue weighted by atomic mass is 10.0. The molecule has 0 aliphatic rings. The van der Waals surface area contributed by atoms with Gasteiger partial charge in [0.15, 0.2) is 0 Å². The molecule has 0 bridgehead atoms. The fourth-order valence-corrected chi connectivity index (χ4v) is 2.79. The molecule has 1 heterocycles. The Hall–Kier alpha value is -1.52. The van der Waals surface area contributed by atoms with Crippen molar-refractivity contribution < 1.29 is 4.74 Å². The van der Waals surface area contributed by atoms with Crippen LogP contribution in [0.15, 0.2) is 30.5 Å². The Morgan fingerprint density at radius 1 is 1.38 bits per heavy atom. The molecule has 2 rings (SSSR count). The van der Waals surface area contributed by atoms with Gasteiger partial charge >= 0.3 is 0 Å². The predicted octanol–water partition coefficient (Wildman–Crippen LogP) is 3.46. The number of rotatable bonds is 7. The fourth-order valence-electron chi connectivity index (χ4n) is 2.52. The molecular weight excluding hydrogens is 286 g/mol. The number of nitrogens with zero attached hydrogens (tertiary/aromatic N) is 2. The zero-order valence-corrected chi connectivity index (χ0v) is 13.5. The van der Waals surface area contributed by atoms with E-state index in [0.29, 0.717) is 5.02 Å². The summed E-state index contributed by atoms with van der Waals surface area (Å²) in [5.74, 6) is 0.873. The van der Waals surface area contributed by atoms with Gasteiger partial charge in [-0.1, -0.05) is 30.7 Å². The zero-order chi connectivity index (χ0) is 15.2. The first-order valence-corrected chi connectivity index (χ1v) is 7.64.